The first kappa shape index (κ1) is 22.0. The number of non-ortho nitro benzene ring substituents is 1. The van der Waals surface area contributed by atoms with Gasteiger partial charge in [0, 0.05) is 43.6 Å². The molecule has 11 heteroatoms. The fraction of sp³-hybridized carbons (Fsp3) is 0.471. The predicted molar refractivity (Wildman–Crippen MR) is 102 cm³/mol. The van der Waals surface area contributed by atoms with E-state index in [-0.39, 0.29) is 10.3 Å². The number of ether oxygens (including phenoxy) is 3. The summed E-state index contributed by atoms with van der Waals surface area (Å²) < 4.78 is 15.6. The minimum Gasteiger partial charge on any atom is -0.458 e. The number of hydrogen-bond acceptors (Lipinski definition) is 10. The molecule has 1 aromatic carbocycles. The summed E-state index contributed by atoms with van der Waals surface area (Å²) in [4.78, 5) is 45.6. The monoisotopic (exact) mass is 429 g/mol. The summed E-state index contributed by atoms with van der Waals surface area (Å²) in [5.74, 6) is -1.36. The molecular weight excluding hydrogens is 410 g/mol. The van der Waals surface area contributed by atoms with E-state index in [1.54, 1.807) is 12.1 Å². The van der Waals surface area contributed by atoms with Gasteiger partial charge in [0.2, 0.25) is 0 Å². The SMILES string of the molecule is CC(=O)O[C@@H]1[C@@H](OC(C)=O)[C@H](Sc2ccc([N+](=O)[O-])cc2)SC[C@H]1OC(C)=O. The zero-order chi connectivity index (χ0) is 20.8. The van der Waals surface area contributed by atoms with Crippen LogP contribution in [0, 0.1) is 10.1 Å². The van der Waals surface area contributed by atoms with Crippen molar-refractivity contribution in [3.8, 4) is 0 Å². The van der Waals surface area contributed by atoms with Gasteiger partial charge in [-0.05, 0) is 12.1 Å². The zero-order valence-corrected chi connectivity index (χ0v) is 17.0. The van der Waals surface area contributed by atoms with Gasteiger partial charge < -0.3 is 14.2 Å². The first-order valence-electron chi connectivity index (χ1n) is 8.21. The van der Waals surface area contributed by atoms with E-state index < -0.39 is 41.1 Å². The molecule has 28 heavy (non-hydrogen) atoms. The van der Waals surface area contributed by atoms with Crippen molar-refractivity contribution in [1.29, 1.82) is 0 Å². The number of nitro benzene ring substituents is 1. The number of benzene rings is 1. The van der Waals surface area contributed by atoms with Gasteiger partial charge in [-0.3, -0.25) is 24.5 Å². The van der Waals surface area contributed by atoms with Crippen molar-refractivity contribution in [3.63, 3.8) is 0 Å². The number of hydrogen-bond donors (Lipinski definition) is 0. The maximum Gasteiger partial charge on any atom is 0.303 e. The van der Waals surface area contributed by atoms with Crippen molar-refractivity contribution in [2.45, 2.75) is 48.6 Å². The molecule has 152 valence electrons. The van der Waals surface area contributed by atoms with E-state index in [2.05, 4.69) is 0 Å². The summed E-state index contributed by atoms with van der Waals surface area (Å²) in [5, 5.41) is 10.8. The number of esters is 3. The molecule has 9 nitrogen and oxygen atoms in total. The van der Waals surface area contributed by atoms with Crippen molar-refractivity contribution in [2.75, 3.05) is 5.75 Å². The average molecular weight is 429 g/mol. The molecular formula is C17H19NO8S2. The van der Waals surface area contributed by atoms with E-state index in [0.717, 1.165) is 0 Å². The summed E-state index contributed by atoms with van der Waals surface area (Å²) in [6.45, 7) is 3.70. The van der Waals surface area contributed by atoms with Gasteiger partial charge in [-0.2, -0.15) is 0 Å². The summed E-state index contributed by atoms with van der Waals surface area (Å²) in [6, 6.07) is 5.93. The predicted octanol–water partition coefficient (Wildman–Crippen LogP) is 2.55. The lowest BCUT2D eigenvalue weighted by Crippen LogP contribution is -2.53. The van der Waals surface area contributed by atoms with Crippen LogP contribution in [0.1, 0.15) is 20.8 Å². The number of carbonyl (C=O) groups excluding carboxylic acids is 3. The molecule has 1 fully saturated rings. The van der Waals surface area contributed by atoms with Gasteiger partial charge in [-0.1, -0.05) is 0 Å². The normalized spacial score (nSPS) is 24.1. The van der Waals surface area contributed by atoms with Gasteiger partial charge in [-0.25, -0.2) is 0 Å². The molecule has 0 spiro atoms. The van der Waals surface area contributed by atoms with Crippen LogP contribution in [0.4, 0.5) is 5.69 Å². The van der Waals surface area contributed by atoms with E-state index in [9.17, 15) is 24.5 Å². The van der Waals surface area contributed by atoms with E-state index >= 15 is 0 Å². The molecule has 1 aliphatic heterocycles. The molecule has 0 amide bonds. The van der Waals surface area contributed by atoms with Crippen LogP contribution < -0.4 is 0 Å². The Hall–Kier alpha value is -2.27. The number of rotatable bonds is 6. The van der Waals surface area contributed by atoms with Crippen LogP contribution in [0.25, 0.3) is 0 Å². The Morgan fingerprint density at radius 1 is 1.00 bits per heavy atom. The fourth-order valence-electron chi connectivity index (χ4n) is 2.59. The summed E-state index contributed by atoms with van der Waals surface area (Å²) in [5.41, 5.74) is -0.0371. The van der Waals surface area contributed by atoms with E-state index in [1.807, 2.05) is 0 Å². The molecule has 1 saturated heterocycles. The van der Waals surface area contributed by atoms with Gasteiger partial charge in [0.25, 0.3) is 5.69 Å². The van der Waals surface area contributed by atoms with E-state index in [1.165, 1.54) is 56.4 Å². The molecule has 0 aromatic heterocycles. The maximum atomic E-state index is 11.6. The standard InChI is InChI=1S/C17H19NO8S2/c1-9(19)24-14-8-27-17(16(26-11(3)21)15(14)25-10(2)20)28-13-6-4-12(5-7-13)18(22)23/h4-7,14-17H,8H2,1-3H3/t14-,15+,16-,17+/m1/s1. The summed E-state index contributed by atoms with van der Waals surface area (Å²) in [6.07, 6.45) is -2.59. The third kappa shape index (κ3) is 6.13. The number of carbonyl (C=O) groups is 3. The second-order valence-electron chi connectivity index (χ2n) is 5.87. The van der Waals surface area contributed by atoms with Crippen LogP contribution in [0.5, 0.6) is 0 Å². The minimum atomic E-state index is -0.956. The topological polar surface area (TPSA) is 122 Å². The molecule has 1 heterocycles. The maximum absolute atomic E-state index is 11.6. The highest BCUT2D eigenvalue weighted by Crippen LogP contribution is 2.42. The van der Waals surface area contributed by atoms with Gasteiger partial charge in [-0.15, -0.1) is 23.5 Å². The van der Waals surface area contributed by atoms with Crippen LogP contribution in [-0.2, 0) is 28.6 Å². The van der Waals surface area contributed by atoms with Crippen molar-refractivity contribution in [3.05, 3.63) is 34.4 Å². The minimum absolute atomic E-state index is 0.0371. The van der Waals surface area contributed by atoms with Crippen LogP contribution in [0.3, 0.4) is 0 Å². The lowest BCUT2D eigenvalue weighted by atomic mass is 10.1. The molecule has 0 unspecified atom stereocenters. The number of nitro groups is 1. The molecule has 0 saturated carbocycles. The van der Waals surface area contributed by atoms with Gasteiger partial charge >= 0.3 is 17.9 Å². The highest BCUT2D eigenvalue weighted by molar-refractivity contribution is 8.17. The molecule has 1 aliphatic rings. The third-order valence-corrected chi connectivity index (χ3v) is 6.46. The van der Waals surface area contributed by atoms with Gasteiger partial charge in [0.05, 0.1) is 9.51 Å². The molecule has 0 radical (unpaired) electrons. The Morgan fingerprint density at radius 2 is 1.54 bits per heavy atom. The first-order valence-corrected chi connectivity index (χ1v) is 10.1. The van der Waals surface area contributed by atoms with Gasteiger partial charge in [0.15, 0.2) is 18.3 Å². The van der Waals surface area contributed by atoms with Crippen LogP contribution >= 0.6 is 23.5 Å². The molecule has 0 bridgehead atoms. The van der Waals surface area contributed by atoms with Crippen molar-refractivity contribution in [2.24, 2.45) is 0 Å². The zero-order valence-electron chi connectivity index (χ0n) is 15.4. The Kier molecular flexibility index (Phi) is 7.69. The molecule has 0 N–H and O–H groups in total. The highest BCUT2D eigenvalue weighted by atomic mass is 32.2. The molecule has 0 aliphatic carbocycles. The number of nitrogens with zero attached hydrogens (tertiary/aromatic N) is 1. The van der Waals surface area contributed by atoms with E-state index in [4.69, 9.17) is 14.2 Å². The van der Waals surface area contributed by atoms with Crippen molar-refractivity contribution < 1.29 is 33.5 Å². The Balaban J connectivity index is 2.25. The second-order valence-corrected chi connectivity index (χ2v) is 8.55. The van der Waals surface area contributed by atoms with Gasteiger partial charge in [0.1, 0.15) is 0 Å². The molecule has 1 aromatic rings. The number of thioether (sulfide) groups is 2. The van der Waals surface area contributed by atoms with Crippen LogP contribution in [-0.4, -0.2) is 51.5 Å². The van der Waals surface area contributed by atoms with Crippen molar-refractivity contribution >= 4 is 47.1 Å². The third-order valence-electron chi connectivity index (χ3n) is 3.60. The lowest BCUT2D eigenvalue weighted by molar-refractivity contribution is -0.384. The Labute approximate surface area is 169 Å². The highest BCUT2D eigenvalue weighted by Gasteiger charge is 2.46. The van der Waals surface area contributed by atoms with Crippen molar-refractivity contribution in [1.82, 2.24) is 0 Å². The Morgan fingerprint density at radius 3 is 2.04 bits per heavy atom. The summed E-state index contributed by atoms with van der Waals surface area (Å²) >= 11 is 2.70. The first-order chi connectivity index (χ1) is 13.2. The lowest BCUT2D eigenvalue weighted by Gasteiger charge is -2.39. The largest absolute Gasteiger partial charge is 0.458 e. The smallest absolute Gasteiger partial charge is 0.303 e. The van der Waals surface area contributed by atoms with Crippen LogP contribution in [0.15, 0.2) is 29.2 Å². The van der Waals surface area contributed by atoms with E-state index in [0.29, 0.717) is 10.6 Å². The summed E-state index contributed by atoms with van der Waals surface area (Å²) in [7, 11) is 0. The molecule has 4 atom stereocenters. The molecule has 2 rings (SSSR count). The average Bonchev–Trinajstić information content (AvgIpc) is 2.59. The quantitative estimate of drug-likeness (QED) is 0.288. The second kappa shape index (κ2) is 9.78. The fourth-order valence-corrected chi connectivity index (χ4v) is 5.37. The van der Waals surface area contributed by atoms with Crippen LogP contribution in [0.2, 0.25) is 0 Å². The Bertz CT molecular complexity index is 754.